The van der Waals surface area contributed by atoms with E-state index in [1.807, 2.05) is 0 Å². The first-order valence-corrected chi connectivity index (χ1v) is 17.7. The Kier molecular flexibility index (Phi) is 7.18. The van der Waals surface area contributed by atoms with Gasteiger partial charge in [-0.1, -0.05) is 140 Å². The van der Waals surface area contributed by atoms with E-state index in [1.54, 1.807) is 0 Å². The van der Waals surface area contributed by atoms with Crippen LogP contribution in [0.5, 0.6) is 0 Å². The standard InChI is InChI=1S/C50H33NO/c1-2-9-34(10-3-1)36-19-25-43(26-20-36)51(45-15-8-14-40(32-45)41-18-17-35-11-4-5-13-39(35)31-41)44-27-21-37(22-28-44)42-24-30-49-48(33-42)47-29-23-38-12-6-7-16-46(38)50(47)52-49/h1-33H. The molecule has 2 nitrogen and oxygen atoms in total. The minimum Gasteiger partial charge on any atom is -0.455 e. The summed E-state index contributed by atoms with van der Waals surface area (Å²) >= 11 is 0. The van der Waals surface area contributed by atoms with Gasteiger partial charge in [-0.15, -0.1) is 0 Å². The van der Waals surface area contributed by atoms with Crippen LogP contribution in [-0.4, -0.2) is 0 Å². The van der Waals surface area contributed by atoms with Gasteiger partial charge in [0.1, 0.15) is 11.2 Å². The van der Waals surface area contributed by atoms with E-state index in [-0.39, 0.29) is 0 Å². The molecule has 0 aliphatic carbocycles. The van der Waals surface area contributed by atoms with Crippen LogP contribution >= 0.6 is 0 Å². The van der Waals surface area contributed by atoms with Gasteiger partial charge in [0, 0.05) is 33.2 Å². The fraction of sp³-hybridized carbons (Fsp3) is 0. The minimum atomic E-state index is 0.906. The maximum Gasteiger partial charge on any atom is 0.143 e. The average Bonchev–Trinajstić information content (AvgIpc) is 3.60. The molecule has 2 heteroatoms. The third-order valence-electron chi connectivity index (χ3n) is 10.2. The molecule has 0 saturated carbocycles. The van der Waals surface area contributed by atoms with Crippen LogP contribution < -0.4 is 4.90 Å². The summed E-state index contributed by atoms with van der Waals surface area (Å²) in [5.41, 5.74) is 12.2. The van der Waals surface area contributed by atoms with Crippen molar-refractivity contribution in [2.24, 2.45) is 0 Å². The van der Waals surface area contributed by atoms with Gasteiger partial charge < -0.3 is 9.32 Å². The summed E-state index contributed by atoms with van der Waals surface area (Å²) in [6.45, 7) is 0. The normalized spacial score (nSPS) is 11.5. The molecular weight excluding hydrogens is 631 g/mol. The molecule has 0 aliphatic rings. The first kappa shape index (κ1) is 30.0. The Morgan fingerprint density at radius 2 is 0.846 bits per heavy atom. The summed E-state index contributed by atoms with van der Waals surface area (Å²) in [4.78, 5) is 2.35. The Hall–Kier alpha value is -6.90. The monoisotopic (exact) mass is 663 g/mol. The molecule has 244 valence electrons. The van der Waals surface area contributed by atoms with Crippen molar-refractivity contribution < 1.29 is 4.42 Å². The zero-order valence-corrected chi connectivity index (χ0v) is 28.4. The summed E-state index contributed by atoms with van der Waals surface area (Å²) < 4.78 is 6.40. The molecule has 0 amide bonds. The molecule has 1 aromatic heterocycles. The average molecular weight is 664 g/mol. The first-order chi connectivity index (χ1) is 25.7. The zero-order valence-electron chi connectivity index (χ0n) is 28.4. The number of furan rings is 1. The molecule has 0 spiro atoms. The van der Waals surface area contributed by atoms with E-state index < -0.39 is 0 Å². The SMILES string of the molecule is c1ccc(-c2ccc(N(c3ccc(-c4ccc5oc6c7ccccc7ccc6c5c4)cc3)c3cccc(-c4ccc5ccccc5c4)c3)cc2)cc1. The number of benzene rings is 9. The van der Waals surface area contributed by atoms with Crippen LogP contribution in [0.2, 0.25) is 0 Å². The first-order valence-electron chi connectivity index (χ1n) is 17.7. The second-order valence-corrected chi connectivity index (χ2v) is 13.4. The molecule has 0 radical (unpaired) electrons. The van der Waals surface area contributed by atoms with Gasteiger partial charge in [-0.3, -0.25) is 0 Å². The topological polar surface area (TPSA) is 16.4 Å². The van der Waals surface area contributed by atoms with E-state index in [0.29, 0.717) is 0 Å². The Bertz CT molecular complexity index is 2890. The highest BCUT2D eigenvalue weighted by Crippen LogP contribution is 2.40. The lowest BCUT2D eigenvalue weighted by molar-refractivity contribution is 0.672. The van der Waals surface area contributed by atoms with Gasteiger partial charge in [0.05, 0.1) is 0 Å². The van der Waals surface area contributed by atoms with E-state index in [9.17, 15) is 0 Å². The van der Waals surface area contributed by atoms with E-state index in [0.717, 1.165) is 55.5 Å². The van der Waals surface area contributed by atoms with Gasteiger partial charge in [-0.05, 0) is 110 Å². The van der Waals surface area contributed by atoms with Crippen molar-refractivity contribution in [3.05, 3.63) is 200 Å². The quantitative estimate of drug-likeness (QED) is 0.176. The second kappa shape index (κ2) is 12.5. The van der Waals surface area contributed by atoms with Gasteiger partial charge >= 0.3 is 0 Å². The van der Waals surface area contributed by atoms with Gasteiger partial charge in [0.2, 0.25) is 0 Å². The van der Waals surface area contributed by atoms with Crippen LogP contribution in [0.15, 0.2) is 205 Å². The van der Waals surface area contributed by atoms with Crippen LogP contribution in [0, 0.1) is 0 Å². The predicted molar refractivity (Wildman–Crippen MR) is 220 cm³/mol. The molecule has 0 saturated heterocycles. The molecule has 10 aromatic rings. The second-order valence-electron chi connectivity index (χ2n) is 13.4. The molecule has 1 heterocycles. The van der Waals surface area contributed by atoms with Crippen molar-refractivity contribution in [2.75, 3.05) is 4.90 Å². The molecule has 9 aromatic carbocycles. The molecule has 0 bridgehead atoms. The van der Waals surface area contributed by atoms with Crippen molar-refractivity contribution >= 4 is 60.5 Å². The molecule has 10 rings (SSSR count). The molecule has 0 fully saturated rings. The van der Waals surface area contributed by atoms with Gasteiger partial charge in [-0.2, -0.15) is 0 Å². The largest absolute Gasteiger partial charge is 0.455 e. The third-order valence-corrected chi connectivity index (χ3v) is 10.2. The Balaban J connectivity index is 1.05. The number of rotatable bonds is 6. The molecular formula is C50H33NO. The lowest BCUT2D eigenvalue weighted by Gasteiger charge is -2.26. The molecule has 0 unspecified atom stereocenters. The molecule has 0 aliphatic heterocycles. The van der Waals surface area contributed by atoms with Crippen LogP contribution in [-0.2, 0) is 0 Å². The van der Waals surface area contributed by atoms with Crippen LogP contribution in [0.3, 0.4) is 0 Å². The van der Waals surface area contributed by atoms with E-state index in [1.165, 1.54) is 38.4 Å². The maximum atomic E-state index is 6.40. The van der Waals surface area contributed by atoms with Crippen LogP contribution in [0.4, 0.5) is 17.1 Å². The fourth-order valence-corrected chi connectivity index (χ4v) is 7.56. The van der Waals surface area contributed by atoms with Crippen molar-refractivity contribution in [3.63, 3.8) is 0 Å². The van der Waals surface area contributed by atoms with Gasteiger partial charge in [-0.25, -0.2) is 0 Å². The van der Waals surface area contributed by atoms with E-state index in [2.05, 4.69) is 205 Å². The minimum absolute atomic E-state index is 0.906. The molecule has 0 N–H and O–H groups in total. The molecule has 0 atom stereocenters. The van der Waals surface area contributed by atoms with E-state index in [4.69, 9.17) is 4.42 Å². The smallest absolute Gasteiger partial charge is 0.143 e. The van der Waals surface area contributed by atoms with Crippen LogP contribution in [0.1, 0.15) is 0 Å². The van der Waals surface area contributed by atoms with Crippen molar-refractivity contribution in [3.8, 4) is 33.4 Å². The fourth-order valence-electron chi connectivity index (χ4n) is 7.56. The number of hydrogen-bond donors (Lipinski definition) is 0. The van der Waals surface area contributed by atoms with Crippen molar-refractivity contribution in [2.45, 2.75) is 0 Å². The van der Waals surface area contributed by atoms with Gasteiger partial charge in [0.15, 0.2) is 0 Å². The number of fused-ring (bicyclic) bond motifs is 6. The Morgan fingerprint density at radius 1 is 0.288 bits per heavy atom. The number of nitrogens with zero attached hydrogens (tertiary/aromatic N) is 1. The van der Waals surface area contributed by atoms with Gasteiger partial charge in [0.25, 0.3) is 0 Å². The third kappa shape index (κ3) is 5.30. The summed E-state index contributed by atoms with van der Waals surface area (Å²) in [5.74, 6) is 0. The molecule has 52 heavy (non-hydrogen) atoms. The van der Waals surface area contributed by atoms with Crippen LogP contribution in [0.25, 0.3) is 76.9 Å². The predicted octanol–water partition coefficient (Wildman–Crippen LogP) is 14.4. The maximum absolute atomic E-state index is 6.40. The number of hydrogen-bond acceptors (Lipinski definition) is 2. The van der Waals surface area contributed by atoms with E-state index >= 15 is 0 Å². The highest BCUT2D eigenvalue weighted by Gasteiger charge is 2.16. The Morgan fingerprint density at radius 3 is 1.63 bits per heavy atom. The number of anilines is 3. The zero-order chi connectivity index (χ0) is 34.4. The Labute approximate surface area is 302 Å². The lowest BCUT2D eigenvalue weighted by atomic mass is 9.99. The summed E-state index contributed by atoms with van der Waals surface area (Å²) in [5, 5.41) is 7.09. The summed E-state index contributed by atoms with van der Waals surface area (Å²) in [6.07, 6.45) is 0. The summed E-state index contributed by atoms with van der Waals surface area (Å²) in [7, 11) is 0. The van der Waals surface area contributed by atoms with Crippen molar-refractivity contribution in [1.82, 2.24) is 0 Å². The summed E-state index contributed by atoms with van der Waals surface area (Å²) in [6, 6.07) is 71.8. The highest BCUT2D eigenvalue weighted by molar-refractivity contribution is 6.15. The lowest BCUT2D eigenvalue weighted by Crippen LogP contribution is -2.10. The highest BCUT2D eigenvalue weighted by atomic mass is 16.3. The van der Waals surface area contributed by atoms with Crippen molar-refractivity contribution in [1.29, 1.82) is 0 Å².